The highest BCUT2D eigenvalue weighted by Crippen LogP contribution is 2.12. The second-order valence-electron chi connectivity index (χ2n) is 5.50. The van der Waals surface area contributed by atoms with Gasteiger partial charge >= 0.3 is 0 Å². The second-order valence-corrected chi connectivity index (χ2v) is 5.50. The standard InChI is InChI=1S/C17H34NO/c1-3-5-6-7-8-9-10-11-12-13-14-15-16-17(19)18-4-2/h4H,3,5-16H2,1-2H3,(H,18,19). The van der Waals surface area contributed by atoms with Crippen LogP contribution < -0.4 is 5.32 Å². The summed E-state index contributed by atoms with van der Waals surface area (Å²) in [6, 6.07) is 0. The summed E-state index contributed by atoms with van der Waals surface area (Å²) in [6.07, 6.45) is 16.8. The zero-order chi connectivity index (χ0) is 14.2. The van der Waals surface area contributed by atoms with Crippen LogP contribution in [0.2, 0.25) is 0 Å². The van der Waals surface area contributed by atoms with Gasteiger partial charge in [0, 0.05) is 13.0 Å². The Kier molecular flexibility index (Phi) is 15.1. The van der Waals surface area contributed by atoms with E-state index in [4.69, 9.17) is 0 Å². The quantitative estimate of drug-likeness (QED) is 0.421. The van der Waals surface area contributed by atoms with Crippen LogP contribution in [0.4, 0.5) is 0 Å². The number of carbonyl (C=O) groups is 1. The molecule has 2 nitrogen and oxygen atoms in total. The smallest absolute Gasteiger partial charge is 0.220 e. The van der Waals surface area contributed by atoms with Crippen LogP contribution in [0.5, 0.6) is 0 Å². The van der Waals surface area contributed by atoms with Crippen molar-refractivity contribution in [3.05, 3.63) is 6.54 Å². The van der Waals surface area contributed by atoms with Crippen molar-refractivity contribution in [1.82, 2.24) is 5.32 Å². The van der Waals surface area contributed by atoms with Crippen LogP contribution in [0.15, 0.2) is 0 Å². The molecule has 113 valence electrons. The Labute approximate surface area is 120 Å². The molecule has 1 N–H and O–H groups in total. The van der Waals surface area contributed by atoms with Crippen LogP contribution in [0.25, 0.3) is 0 Å². The fourth-order valence-corrected chi connectivity index (χ4v) is 2.36. The molecule has 0 atom stereocenters. The third kappa shape index (κ3) is 15.4. The van der Waals surface area contributed by atoms with Gasteiger partial charge in [0.05, 0.1) is 0 Å². The molecule has 0 saturated heterocycles. The summed E-state index contributed by atoms with van der Waals surface area (Å²) in [4.78, 5) is 11.2. The third-order valence-corrected chi connectivity index (χ3v) is 3.56. The number of nitrogens with one attached hydrogen (secondary N) is 1. The lowest BCUT2D eigenvalue weighted by molar-refractivity contribution is -0.120. The van der Waals surface area contributed by atoms with Crippen molar-refractivity contribution >= 4 is 5.91 Å². The molecule has 0 fully saturated rings. The van der Waals surface area contributed by atoms with Crippen molar-refractivity contribution in [3.8, 4) is 0 Å². The molecule has 0 aliphatic rings. The number of unbranched alkanes of at least 4 members (excludes halogenated alkanes) is 11. The van der Waals surface area contributed by atoms with Crippen molar-refractivity contribution in [1.29, 1.82) is 0 Å². The summed E-state index contributed by atoms with van der Waals surface area (Å²) in [6.45, 7) is 5.83. The van der Waals surface area contributed by atoms with E-state index in [1.54, 1.807) is 6.54 Å². The molecule has 0 spiro atoms. The first-order valence-corrected chi connectivity index (χ1v) is 8.38. The SMILES string of the molecule is C[CH]NC(=O)CCCCCCCCCCCCCC. The fourth-order valence-electron chi connectivity index (χ4n) is 2.36. The average molecular weight is 268 g/mol. The summed E-state index contributed by atoms with van der Waals surface area (Å²) in [5, 5.41) is 2.72. The molecule has 0 rings (SSSR count). The van der Waals surface area contributed by atoms with Crippen LogP contribution in [0.3, 0.4) is 0 Å². The van der Waals surface area contributed by atoms with Gasteiger partial charge < -0.3 is 5.32 Å². The van der Waals surface area contributed by atoms with Crippen molar-refractivity contribution in [3.63, 3.8) is 0 Å². The van der Waals surface area contributed by atoms with Gasteiger partial charge in [-0.25, -0.2) is 0 Å². The Morgan fingerprint density at radius 3 is 1.63 bits per heavy atom. The number of hydrogen-bond acceptors (Lipinski definition) is 1. The molecule has 0 aromatic carbocycles. The molecule has 0 aliphatic heterocycles. The molecule has 0 aromatic rings. The van der Waals surface area contributed by atoms with Gasteiger partial charge in [-0.2, -0.15) is 0 Å². The predicted octanol–water partition coefficient (Wildman–Crippen LogP) is 5.38. The molecule has 0 aliphatic carbocycles. The summed E-state index contributed by atoms with van der Waals surface area (Å²) in [7, 11) is 0. The van der Waals surface area contributed by atoms with E-state index in [-0.39, 0.29) is 5.91 Å². The lowest BCUT2D eigenvalue weighted by Crippen LogP contribution is -2.18. The predicted molar refractivity (Wildman–Crippen MR) is 83.8 cm³/mol. The molecule has 1 amide bonds. The van der Waals surface area contributed by atoms with Crippen molar-refractivity contribution in [2.45, 2.75) is 97.3 Å². The van der Waals surface area contributed by atoms with Gasteiger partial charge in [0.2, 0.25) is 5.91 Å². The van der Waals surface area contributed by atoms with E-state index in [0.29, 0.717) is 6.42 Å². The van der Waals surface area contributed by atoms with E-state index in [0.717, 1.165) is 6.42 Å². The van der Waals surface area contributed by atoms with Gasteiger partial charge in [-0.3, -0.25) is 4.79 Å². The first kappa shape index (κ1) is 18.5. The number of amides is 1. The molecule has 0 aromatic heterocycles. The van der Waals surface area contributed by atoms with Crippen molar-refractivity contribution < 1.29 is 4.79 Å². The van der Waals surface area contributed by atoms with Gasteiger partial charge in [0.25, 0.3) is 0 Å². The Hall–Kier alpha value is -0.530. The first-order valence-electron chi connectivity index (χ1n) is 8.38. The van der Waals surface area contributed by atoms with E-state index in [1.165, 1.54) is 70.6 Å². The minimum atomic E-state index is 0.162. The number of hydrogen-bond donors (Lipinski definition) is 1. The van der Waals surface area contributed by atoms with E-state index in [1.807, 2.05) is 6.92 Å². The Morgan fingerprint density at radius 2 is 1.21 bits per heavy atom. The van der Waals surface area contributed by atoms with E-state index in [9.17, 15) is 4.79 Å². The van der Waals surface area contributed by atoms with E-state index in [2.05, 4.69) is 12.2 Å². The van der Waals surface area contributed by atoms with Crippen LogP contribution in [-0.4, -0.2) is 5.91 Å². The Morgan fingerprint density at radius 1 is 0.789 bits per heavy atom. The summed E-state index contributed by atoms with van der Waals surface area (Å²) in [5.41, 5.74) is 0. The molecular weight excluding hydrogens is 234 g/mol. The van der Waals surface area contributed by atoms with Gasteiger partial charge in [0.1, 0.15) is 0 Å². The van der Waals surface area contributed by atoms with Crippen molar-refractivity contribution in [2.75, 3.05) is 0 Å². The zero-order valence-corrected chi connectivity index (χ0v) is 13.2. The Bertz CT molecular complexity index is 192. The highest BCUT2D eigenvalue weighted by molar-refractivity contribution is 5.76. The van der Waals surface area contributed by atoms with E-state index >= 15 is 0 Å². The molecular formula is C17H34NO. The topological polar surface area (TPSA) is 29.1 Å². The number of carbonyl (C=O) groups excluding carboxylic acids is 1. The van der Waals surface area contributed by atoms with Crippen LogP contribution in [0.1, 0.15) is 97.3 Å². The minimum absolute atomic E-state index is 0.162. The van der Waals surface area contributed by atoms with Gasteiger partial charge in [0.15, 0.2) is 0 Å². The van der Waals surface area contributed by atoms with Gasteiger partial charge in [-0.1, -0.05) is 77.6 Å². The maximum absolute atomic E-state index is 11.2. The van der Waals surface area contributed by atoms with Crippen molar-refractivity contribution in [2.24, 2.45) is 0 Å². The normalized spacial score (nSPS) is 10.6. The first-order chi connectivity index (χ1) is 9.31. The lowest BCUT2D eigenvalue weighted by Gasteiger charge is -2.03. The maximum Gasteiger partial charge on any atom is 0.220 e. The average Bonchev–Trinajstić information content (AvgIpc) is 2.40. The highest BCUT2D eigenvalue weighted by atomic mass is 16.1. The molecule has 19 heavy (non-hydrogen) atoms. The fraction of sp³-hybridized carbons (Fsp3) is 0.882. The van der Waals surface area contributed by atoms with E-state index < -0.39 is 0 Å². The molecule has 0 bridgehead atoms. The monoisotopic (exact) mass is 268 g/mol. The molecule has 1 radical (unpaired) electrons. The van der Waals surface area contributed by atoms with Gasteiger partial charge in [-0.15, -0.1) is 0 Å². The summed E-state index contributed by atoms with van der Waals surface area (Å²) < 4.78 is 0. The largest absolute Gasteiger partial charge is 0.352 e. The zero-order valence-electron chi connectivity index (χ0n) is 13.2. The maximum atomic E-state index is 11.2. The van der Waals surface area contributed by atoms with Crippen LogP contribution in [-0.2, 0) is 4.79 Å². The lowest BCUT2D eigenvalue weighted by atomic mass is 10.0. The molecule has 2 heteroatoms. The molecule has 0 unspecified atom stereocenters. The van der Waals surface area contributed by atoms with Crippen LogP contribution in [0, 0.1) is 6.54 Å². The Balaban J connectivity index is 3.01. The summed E-state index contributed by atoms with van der Waals surface area (Å²) in [5.74, 6) is 0.162. The summed E-state index contributed by atoms with van der Waals surface area (Å²) >= 11 is 0. The second kappa shape index (κ2) is 15.5. The minimum Gasteiger partial charge on any atom is -0.352 e. The van der Waals surface area contributed by atoms with Gasteiger partial charge in [-0.05, 0) is 13.3 Å². The highest BCUT2D eigenvalue weighted by Gasteiger charge is 1.98. The third-order valence-electron chi connectivity index (χ3n) is 3.56. The number of rotatable bonds is 14. The molecule has 0 heterocycles. The van der Waals surface area contributed by atoms with Crippen LogP contribution >= 0.6 is 0 Å². The molecule has 0 saturated carbocycles.